The predicted octanol–water partition coefficient (Wildman–Crippen LogP) is 1.41. The fourth-order valence-corrected chi connectivity index (χ4v) is 2.99. The molecule has 0 spiro atoms. The van der Waals surface area contributed by atoms with Crippen molar-refractivity contribution >= 4 is 11.3 Å². The van der Waals surface area contributed by atoms with Crippen LogP contribution in [0.15, 0.2) is 11.4 Å². The molecule has 0 amide bonds. The van der Waals surface area contributed by atoms with Crippen molar-refractivity contribution in [3.05, 3.63) is 21.9 Å². The maximum absolute atomic E-state index is 9.13. The molecule has 1 aliphatic rings. The third-order valence-corrected chi connectivity index (χ3v) is 4.25. The van der Waals surface area contributed by atoms with Crippen LogP contribution in [0.5, 0.6) is 0 Å². The second kappa shape index (κ2) is 6.91. The van der Waals surface area contributed by atoms with E-state index in [1.807, 2.05) is 0 Å². The maximum atomic E-state index is 9.13. The minimum atomic E-state index is 0.238. The summed E-state index contributed by atoms with van der Waals surface area (Å²) in [5, 5.41) is 11.2. The smallest absolute Gasteiger partial charge is 0.0558 e. The van der Waals surface area contributed by atoms with E-state index >= 15 is 0 Å². The minimum absolute atomic E-state index is 0.238. The van der Waals surface area contributed by atoms with Crippen molar-refractivity contribution in [1.82, 2.24) is 4.90 Å². The van der Waals surface area contributed by atoms with Gasteiger partial charge >= 0.3 is 0 Å². The highest BCUT2D eigenvalue weighted by Crippen LogP contribution is 2.27. The summed E-state index contributed by atoms with van der Waals surface area (Å²) < 4.78 is 0. The van der Waals surface area contributed by atoms with Crippen LogP contribution in [0.1, 0.15) is 29.7 Å². The standard InChI is InChI=1S/C14H20N2OS/c15-6-2-3-12-9-14(18-11-12)10-16(7-8-17)13-4-1-5-13/h9,11,13,17H,1,4-8,10,15H2. The van der Waals surface area contributed by atoms with Gasteiger partial charge in [-0.2, -0.15) is 0 Å². The number of nitrogens with two attached hydrogens (primary N) is 1. The Kier molecular flexibility index (Phi) is 5.21. The zero-order valence-electron chi connectivity index (χ0n) is 10.6. The van der Waals surface area contributed by atoms with Gasteiger partial charge in [-0.25, -0.2) is 0 Å². The van der Waals surface area contributed by atoms with E-state index in [1.165, 1.54) is 24.1 Å². The van der Waals surface area contributed by atoms with Crippen molar-refractivity contribution < 1.29 is 5.11 Å². The van der Waals surface area contributed by atoms with Gasteiger partial charge < -0.3 is 10.8 Å². The van der Waals surface area contributed by atoms with Crippen LogP contribution in [-0.4, -0.2) is 35.7 Å². The van der Waals surface area contributed by atoms with Crippen molar-refractivity contribution in [1.29, 1.82) is 0 Å². The molecule has 18 heavy (non-hydrogen) atoms. The van der Waals surface area contributed by atoms with Crippen LogP contribution in [-0.2, 0) is 6.54 Å². The molecule has 0 unspecified atom stereocenters. The molecule has 1 aromatic rings. The lowest BCUT2D eigenvalue weighted by molar-refractivity contribution is 0.0955. The summed E-state index contributed by atoms with van der Waals surface area (Å²) in [5.74, 6) is 5.93. The Morgan fingerprint density at radius 3 is 2.94 bits per heavy atom. The summed E-state index contributed by atoms with van der Waals surface area (Å²) in [6, 6.07) is 2.80. The lowest BCUT2D eigenvalue weighted by atomic mass is 9.91. The van der Waals surface area contributed by atoms with Crippen molar-refractivity contribution in [3.63, 3.8) is 0 Å². The molecule has 3 nitrogen and oxygen atoms in total. The van der Waals surface area contributed by atoms with Crippen LogP contribution in [0.4, 0.5) is 0 Å². The van der Waals surface area contributed by atoms with E-state index in [0.29, 0.717) is 12.6 Å². The summed E-state index contributed by atoms with van der Waals surface area (Å²) >= 11 is 1.74. The predicted molar refractivity (Wildman–Crippen MR) is 75.4 cm³/mol. The van der Waals surface area contributed by atoms with Gasteiger partial charge in [0.15, 0.2) is 0 Å². The normalized spacial score (nSPS) is 15.3. The molecule has 1 aromatic heterocycles. The first-order valence-corrected chi connectivity index (χ1v) is 7.32. The number of aliphatic hydroxyl groups is 1. The average Bonchev–Trinajstić information content (AvgIpc) is 2.72. The minimum Gasteiger partial charge on any atom is -0.395 e. The molecular formula is C14H20N2OS. The first kappa shape index (κ1) is 13.6. The second-order valence-electron chi connectivity index (χ2n) is 4.59. The number of nitrogens with zero attached hydrogens (tertiary/aromatic N) is 1. The summed E-state index contributed by atoms with van der Waals surface area (Å²) in [6.07, 6.45) is 3.86. The monoisotopic (exact) mass is 264 g/mol. The third-order valence-electron chi connectivity index (χ3n) is 3.33. The fraction of sp³-hybridized carbons (Fsp3) is 0.571. The molecule has 0 radical (unpaired) electrons. The highest BCUT2D eigenvalue weighted by Gasteiger charge is 2.24. The van der Waals surface area contributed by atoms with Crippen LogP contribution in [0, 0.1) is 11.8 Å². The zero-order chi connectivity index (χ0) is 12.8. The molecular weight excluding hydrogens is 244 g/mol. The van der Waals surface area contributed by atoms with Gasteiger partial charge in [0.05, 0.1) is 13.2 Å². The highest BCUT2D eigenvalue weighted by atomic mass is 32.1. The topological polar surface area (TPSA) is 49.5 Å². The average molecular weight is 264 g/mol. The lowest BCUT2D eigenvalue weighted by Gasteiger charge is -2.36. The summed E-state index contributed by atoms with van der Waals surface area (Å²) in [5.41, 5.74) is 6.42. The molecule has 3 N–H and O–H groups in total. The quantitative estimate of drug-likeness (QED) is 0.791. The van der Waals surface area contributed by atoms with E-state index in [1.54, 1.807) is 11.3 Å². The number of aliphatic hydroxyl groups excluding tert-OH is 1. The van der Waals surface area contributed by atoms with E-state index in [0.717, 1.165) is 18.7 Å². The molecule has 0 saturated heterocycles. The van der Waals surface area contributed by atoms with Gasteiger partial charge in [0, 0.05) is 35.0 Å². The number of thiophene rings is 1. The molecule has 0 aliphatic heterocycles. The van der Waals surface area contributed by atoms with Gasteiger partial charge in [0.25, 0.3) is 0 Å². The van der Waals surface area contributed by atoms with E-state index in [9.17, 15) is 0 Å². The van der Waals surface area contributed by atoms with Crippen LogP contribution in [0.3, 0.4) is 0 Å². The fourth-order valence-electron chi connectivity index (χ4n) is 2.15. The Morgan fingerprint density at radius 2 is 2.33 bits per heavy atom. The number of hydrogen-bond donors (Lipinski definition) is 2. The Morgan fingerprint density at radius 1 is 1.50 bits per heavy atom. The van der Waals surface area contributed by atoms with Crippen LogP contribution in [0.2, 0.25) is 0 Å². The maximum Gasteiger partial charge on any atom is 0.0558 e. The SMILES string of the molecule is NCC#Cc1csc(CN(CCO)C2CCC2)c1. The number of hydrogen-bond acceptors (Lipinski definition) is 4. The Hall–Kier alpha value is -0.860. The lowest BCUT2D eigenvalue weighted by Crippen LogP contribution is -2.41. The van der Waals surface area contributed by atoms with E-state index in [-0.39, 0.29) is 6.61 Å². The summed E-state index contributed by atoms with van der Waals surface area (Å²) in [4.78, 5) is 3.70. The van der Waals surface area contributed by atoms with E-state index < -0.39 is 0 Å². The molecule has 98 valence electrons. The molecule has 2 rings (SSSR count). The molecule has 1 fully saturated rings. The molecule has 1 saturated carbocycles. The molecule has 0 atom stereocenters. The second-order valence-corrected chi connectivity index (χ2v) is 5.58. The van der Waals surface area contributed by atoms with Crippen LogP contribution >= 0.6 is 11.3 Å². The van der Waals surface area contributed by atoms with Crippen LogP contribution in [0.25, 0.3) is 0 Å². The highest BCUT2D eigenvalue weighted by molar-refractivity contribution is 7.10. The molecule has 0 bridgehead atoms. The van der Waals surface area contributed by atoms with Crippen molar-refractivity contribution in [2.45, 2.75) is 31.8 Å². The van der Waals surface area contributed by atoms with Gasteiger partial charge in [0.2, 0.25) is 0 Å². The van der Waals surface area contributed by atoms with Crippen molar-refractivity contribution in [2.75, 3.05) is 19.7 Å². The summed E-state index contributed by atoms with van der Waals surface area (Å²) in [7, 11) is 0. The van der Waals surface area contributed by atoms with Crippen molar-refractivity contribution in [2.24, 2.45) is 5.73 Å². The Labute approximate surface area is 113 Å². The van der Waals surface area contributed by atoms with Gasteiger partial charge in [-0.3, -0.25) is 4.90 Å². The largest absolute Gasteiger partial charge is 0.395 e. The molecule has 1 aliphatic carbocycles. The van der Waals surface area contributed by atoms with Gasteiger partial charge in [0.1, 0.15) is 0 Å². The zero-order valence-corrected chi connectivity index (χ0v) is 11.4. The van der Waals surface area contributed by atoms with E-state index in [2.05, 4.69) is 28.2 Å². The molecule has 4 heteroatoms. The van der Waals surface area contributed by atoms with Gasteiger partial charge in [-0.1, -0.05) is 18.3 Å². The van der Waals surface area contributed by atoms with E-state index in [4.69, 9.17) is 10.8 Å². The molecule has 1 heterocycles. The molecule has 0 aromatic carbocycles. The third kappa shape index (κ3) is 3.56. The first-order valence-electron chi connectivity index (χ1n) is 6.44. The van der Waals surface area contributed by atoms with Crippen LogP contribution < -0.4 is 5.73 Å². The summed E-state index contributed by atoms with van der Waals surface area (Å²) in [6.45, 7) is 2.35. The Balaban J connectivity index is 1.95. The number of rotatable bonds is 5. The van der Waals surface area contributed by atoms with Crippen molar-refractivity contribution in [3.8, 4) is 11.8 Å². The van der Waals surface area contributed by atoms with Gasteiger partial charge in [-0.15, -0.1) is 11.3 Å². The first-order chi connectivity index (χ1) is 8.83. The van der Waals surface area contributed by atoms with Gasteiger partial charge in [-0.05, 0) is 18.9 Å². The Bertz CT molecular complexity index is 428.